The molecule has 1 aromatic rings. The average molecular weight is 299 g/mol. The summed E-state index contributed by atoms with van der Waals surface area (Å²) in [6.07, 6.45) is 0.961. The van der Waals surface area contributed by atoms with Gasteiger partial charge in [-0.1, -0.05) is 12.1 Å². The van der Waals surface area contributed by atoms with Gasteiger partial charge in [-0.25, -0.2) is 13.1 Å². The van der Waals surface area contributed by atoms with Crippen LogP contribution in [-0.2, 0) is 10.0 Å². The Bertz CT molecular complexity index is 515. The molecule has 0 aliphatic rings. The van der Waals surface area contributed by atoms with Gasteiger partial charge in [0.2, 0.25) is 10.0 Å². The minimum atomic E-state index is -3.42. The van der Waals surface area contributed by atoms with Gasteiger partial charge >= 0.3 is 0 Å². The Morgan fingerprint density at radius 3 is 2.50 bits per heavy atom. The molecule has 0 amide bonds. The molecule has 0 atom stereocenters. The van der Waals surface area contributed by atoms with Crippen molar-refractivity contribution in [3.63, 3.8) is 0 Å². The fourth-order valence-corrected chi connectivity index (χ4v) is 2.67. The lowest BCUT2D eigenvalue weighted by Gasteiger charge is -2.21. The maximum atomic E-state index is 11.9. The van der Waals surface area contributed by atoms with Crippen LogP contribution in [0.4, 0.5) is 5.69 Å². The lowest BCUT2D eigenvalue weighted by molar-refractivity contribution is 0.273. The van der Waals surface area contributed by atoms with E-state index in [4.69, 9.17) is 0 Å². The van der Waals surface area contributed by atoms with E-state index in [0.29, 0.717) is 16.6 Å². The highest BCUT2D eigenvalue weighted by Crippen LogP contribution is 2.20. The van der Waals surface area contributed by atoms with Crippen molar-refractivity contribution in [2.24, 2.45) is 0 Å². The lowest BCUT2D eigenvalue weighted by Crippen LogP contribution is -2.28. The lowest BCUT2D eigenvalue weighted by atomic mass is 10.3. The first-order valence-electron chi connectivity index (χ1n) is 6.85. The molecular formula is C14H25N3O2S. The van der Waals surface area contributed by atoms with Crippen LogP contribution in [0.3, 0.4) is 0 Å². The summed E-state index contributed by atoms with van der Waals surface area (Å²) in [4.78, 5) is 2.55. The van der Waals surface area contributed by atoms with Crippen LogP contribution in [0.15, 0.2) is 29.2 Å². The Morgan fingerprint density at radius 1 is 1.25 bits per heavy atom. The minimum Gasteiger partial charge on any atom is -0.384 e. The molecule has 0 aliphatic heterocycles. The summed E-state index contributed by atoms with van der Waals surface area (Å²) < 4.78 is 26.1. The standard InChI is InChI=1S/C14H25N3O2S/c1-12(2)17(4)11-7-10-16-13-8-5-6-9-14(13)20(18,19)15-3/h5-6,8-9,12,15-16H,7,10-11H2,1-4H3. The van der Waals surface area contributed by atoms with E-state index in [1.165, 1.54) is 7.05 Å². The molecule has 0 aliphatic carbocycles. The van der Waals surface area contributed by atoms with Gasteiger partial charge in [-0.2, -0.15) is 0 Å². The van der Waals surface area contributed by atoms with Crippen molar-refractivity contribution in [2.45, 2.75) is 31.2 Å². The van der Waals surface area contributed by atoms with E-state index in [9.17, 15) is 8.42 Å². The molecule has 6 heteroatoms. The molecule has 20 heavy (non-hydrogen) atoms. The summed E-state index contributed by atoms with van der Waals surface area (Å²) in [5.74, 6) is 0. The monoisotopic (exact) mass is 299 g/mol. The first kappa shape index (κ1) is 16.9. The van der Waals surface area contributed by atoms with E-state index in [2.05, 4.69) is 35.8 Å². The van der Waals surface area contributed by atoms with Gasteiger partial charge in [-0.3, -0.25) is 0 Å². The Hall–Kier alpha value is -1.11. The van der Waals surface area contributed by atoms with Gasteiger partial charge in [0, 0.05) is 12.6 Å². The SMILES string of the molecule is CNS(=O)(=O)c1ccccc1NCCCN(C)C(C)C. The van der Waals surface area contributed by atoms with E-state index < -0.39 is 10.0 Å². The number of anilines is 1. The molecule has 1 rings (SSSR count). The molecule has 0 unspecified atom stereocenters. The largest absolute Gasteiger partial charge is 0.384 e. The molecular weight excluding hydrogens is 274 g/mol. The van der Waals surface area contributed by atoms with Crippen LogP contribution in [0.1, 0.15) is 20.3 Å². The van der Waals surface area contributed by atoms with E-state index in [1.807, 2.05) is 6.07 Å². The summed E-state index contributed by atoms with van der Waals surface area (Å²) in [6.45, 7) is 6.03. The van der Waals surface area contributed by atoms with Crippen molar-refractivity contribution in [3.05, 3.63) is 24.3 Å². The van der Waals surface area contributed by atoms with Crippen molar-refractivity contribution >= 4 is 15.7 Å². The fraction of sp³-hybridized carbons (Fsp3) is 0.571. The normalized spacial score (nSPS) is 12.1. The van der Waals surface area contributed by atoms with Gasteiger partial charge < -0.3 is 10.2 Å². The van der Waals surface area contributed by atoms with Crippen molar-refractivity contribution in [3.8, 4) is 0 Å². The van der Waals surface area contributed by atoms with Gasteiger partial charge in [-0.15, -0.1) is 0 Å². The Balaban J connectivity index is 2.61. The van der Waals surface area contributed by atoms with Crippen molar-refractivity contribution in [1.29, 1.82) is 0 Å². The number of nitrogens with zero attached hydrogens (tertiary/aromatic N) is 1. The third kappa shape index (κ3) is 4.77. The second-order valence-corrected chi connectivity index (χ2v) is 6.91. The van der Waals surface area contributed by atoms with Crippen LogP contribution in [0, 0.1) is 0 Å². The number of hydrogen-bond donors (Lipinski definition) is 2. The summed E-state index contributed by atoms with van der Waals surface area (Å²) >= 11 is 0. The van der Waals surface area contributed by atoms with Crippen molar-refractivity contribution < 1.29 is 8.42 Å². The zero-order valence-corrected chi connectivity index (χ0v) is 13.5. The van der Waals surface area contributed by atoms with Gasteiger partial charge in [0.1, 0.15) is 4.90 Å². The molecule has 0 spiro atoms. The Labute approximate surface area is 122 Å². The first-order chi connectivity index (χ1) is 9.38. The fourth-order valence-electron chi connectivity index (χ4n) is 1.77. The predicted octanol–water partition coefficient (Wildman–Crippen LogP) is 1.74. The second kappa shape index (κ2) is 7.61. The summed E-state index contributed by atoms with van der Waals surface area (Å²) in [5.41, 5.74) is 0.647. The first-order valence-corrected chi connectivity index (χ1v) is 8.33. The third-order valence-electron chi connectivity index (χ3n) is 3.33. The molecule has 0 aromatic heterocycles. The van der Waals surface area contributed by atoms with Gasteiger partial charge in [0.15, 0.2) is 0 Å². The highest BCUT2D eigenvalue weighted by atomic mass is 32.2. The maximum Gasteiger partial charge on any atom is 0.242 e. The molecule has 5 nitrogen and oxygen atoms in total. The number of benzene rings is 1. The Morgan fingerprint density at radius 2 is 1.90 bits per heavy atom. The summed E-state index contributed by atoms with van der Waals surface area (Å²) in [6, 6.07) is 7.47. The van der Waals surface area contributed by atoms with Gasteiger partial charge in [0.25, 0.3) is 0 Å². The van der Waals surface area contributed by atoms with Crippen LogP contribution in [-0.4, -0.2) is 46.5 Å². The van der Waals surface area contributed by atoms with Crippen molar-refractivity contribution in [2.75, 3.05) is 32.5 Å². The number of nitrogens with one attached hydrogen (secondary N) is 2. The molecule has 1 aromatic carbocycles. The zero-order valence-electron chi connectivity index (χ0n) is 12.7. The molecule has 0 saturated carbocycles. The van der Waals surface area contributed by atoms with Gasteiger partial charge in [0.05, 0.1) is 5.69 Å². The molecule has 0 fully saturated rings. The van der Waals surface area contributed by atoms with Crippen LogP contribution < -0.4 is 10.0 Å². The number of sulfonamides is 1. The molecule has 114 valence electrons. The van der Waals surface area contributed by atoms with E-state index in [-0.39, 0.29) is 0 Å². The van der Waals surface area contributed by atoms with Gasteiger partial charge in [-0.05, 0) is 53.0 Å². The van der Waals surface area contributed by atoms with E-state index >= 15 is 0 Å². The summed E-state index contributed by atoms with van der Waals surface area (Å²) in [5, 5.41) is 3.20. The third-order valence-corrected chi connectivity index (χ3v) is 4.80. The van der Waals surface area contributed by atoms with E-state index in [0.717, 1.165) is 19.5 Å². The predicted molar refractivity (Wildman–Crippen MR) is 83.6 cm³/mol. The molecule has 2 N–H and O–H groups in total. The molecule has 0 saturated heterocycles. The average Bonchev–Trinajstić information content (AvgIpc) is 2.43. The molecule has 0 bridgehead atoms. The van der Waals surface area contributed by atoms with Crippen LogP contribution in [0.2, 0.25) is 0 Å². The summed E-state index contributed by atoms with van der Waals surface area (Å²) in [7, 11) is 0.0891. The topological polar surface area (TPSA) is 61.4 Å². The van der Waals surface area contributed by atoms with Crippen LogP contribution in [0.25, 0.3) is 0 Å². The highest BCUT2D eigenvalue weighted by molar-refractivity contribution is 7.89. The maximum absolute atomic E-state index is 11.9. The van der Waals surface area contributed by atoms with E-state index in [1.54, 1.807) is 18.2 Å². The quantitative estimate of drug-likeness (QED) is 0.718. The van der Waals surface area contributed by atoms with Crippen molar-refractivity contribution in [1.82, 2.24) is 9.62 Å². The van der Waals surface area contributed by atoms with Crippen LogP contribution >= 0.6 is 0 Å². The zero-order chi connectivity index (χ0) is 15.2. The Kier molecular flexibility index (Phi) is 6.45. The highest BCUT2D eigenvalue weighted by Gasteiger charge is 2.15. The molecule has 0 radical (unpaired) electrons. The number of hydrogen-bond acceptors (Lipinski definition) is 4. The minimum absolute atomic E-state index is 0.291. The second-order valence-electron chi connectivity index (χ2n) is 5.06. The number of rotatable bonds is 8. The smallest absolute Gasteiger partial charge is 0.242 e. The van der Waals surface area contributed by atoms with Crippen LogP contribution in [0.5, 0.6) is 0 Å². The number of para-hydroxylation sites is 1. The molecule has 0 heterocycles.